The Morgan fingerprint density at radius 3 is 2.37 bits per heavy atom. The van der Waals surface area contributed by atoms with E-state index >= 15 is 0 Å². The number of rotatable bonds is 6. The number of hydrogen-bond acceptors (Lipinski definition) is 3. The zero-order chi connectivity index (χ0) is 14.3. The van der Waals surface area contributed by atoms with E-state index in [9.17, 15) is 9.59 Å². The largest absolute Gasteiger partial charge is 0.484 e. The summed E-state index contributed by atoms with van der Waals surface area (Å²) in [6, 6.07) is 6.92. The van der Waals surface area contributed by atoms with Gasteiger partial charge in [-0.15, -0.1) is 0 Å². The first kappa shape index (κ1) is 15.0. The van der Waals surface area contributed by atoms with Crippen LogP contribution in [0.3, 0.4) is 0 Å². The van der Waals surface area contributed by atoms with E-state index in [4.69, 9.17) is 4.74 Å². The van der Waals surface area contributed by atoms with Crippen LogP contribution in [0.2, 0.25) is 0 Å². The Morgan fingerprint density at radius 2 is 1.84 bits per heavy atom. The molecule has 0 bridgehead atoms. The molecule has 0 atom stereocenters. The molecular weight excluding hydrogens is 244 g/mol. The van der Waals surface area contributed by atoms with Gasteiger partial charge in [-0.1, -0.05) is 13.8 Å². The van der Waals surface area contributed by atoms with Gasteiger partial charge in [-0.25, -0.2) is 0 Å². The Kier molecular flexibility index (Phi) is 5.85. The number of ether oxygens (including phenoxy) is 1. The molecule has 0 radical (unpaired) electrons. The van der Waals surface area contributed by atoms with Crippen LogP contribution in [-0.2, 0) is 9.59 Å². The lowest BCUT2D eigenvalue weighted by atomic mass is 10.2. The quantitative estimate of drug-likeness (QED) is 0.823. The third-order valence-corrected chi connectivity index (χ3v) is 2.39. The summed E-state index contributed by atoms with van der Waals surface area (Å²) in [5.74, 6) is 0.346. The lowest BCUT2D eigenvalue weighted by molar-refractivity contribution is -0.123. The predicted octanol–water partition coefficient (Wildman–Crippen LogP) is 1.80. The van der Waals surface area contributed by atoms with Crippen LogP contribution >= 0.6 is 0 Å². The molecule has 0 saturated carbocycles. The first-order chi connectivity index (χ1) is 9.02. The Hall–Kier alpha value is -2.04. The summed E-state index contributed by atoms with van der Waals surface area (Å²) < 4.78 is 5.30. The summed E-state index contributed by atoms with van der Waals surface area (Å²) in [5, 5.41) is 5.42. The van der Waals surface area contributed by atoms with Gasteiger partial charge in [0.25, 0.3) is 5.91 Å². The van der Waals surface area contributed by atoms with Crippen molar-refractivity contribution < 1.29 is 14.3 Å². The van der Waals surface area contributed by atoms with Crippen molar-refractivity contribution in [3.05, 3.63) is 24.3 Å². The fourth-order valence-corrected chi connectivity index (χ4v) is 1.32. The summed E-state index contributed by atoms with van der Waals surface area (Å²) in [6.45, 7) is 6.09. The normalized spacial score (nSPS) is 10.1. The van der Waals surface area contributed by atoms with Crippen molar-refractivity contribution in [3.8, 4) is 5.75 Å². The molecule has 1 aromatic rings. The number of anilines is 1. The molecule has 2 N–H and O–H groups in total. The van der Waals surface area contributed by atoms with Crippen LogP contribution in [0.4, 0.5) is 5.69 Å². The maximum absolute atomic E-state index is 11.5. The van der Waals surface area contributed by atoms with Gasteiger partial charge in [0.15, 0.2) is 6.61 Å². The van der Waals surface area contributed by atoms with Crippen LogP contribution in [-0.4, -0.2) is 25.0 Å². The highest BCUT2D eigenvalue weighted by atomic mass is 16.5. The first-order valence-corrected chi connectivity index (χ1v) is 6.33. The summed E-state index contributed by atoms with van der Waals surface area (Å²) in [5.41, 5.74) is 0.712. The van der Waals surface area contributed by atoms with E-state index in [1.807, 2.05) is 20.8 Å². The minimum absolute atomic E-state index is 0.00839. The summed E-state index contributed by atoms with van der Waals surface area (Å²) in [4.78, 5) is 22.7. The zero-order valence-electron chi connectivity index (χ0n) is 11.5. The van der Waals surface area contributed by atoms with Crippen LogP contribution in [0.1, 0.15) is 20.8 Å². The number of carbonyl (C=O) groups is 2. The van der Waals surface area contributed by atoms with Gasteiger partial charge in [-0.05, 0) is 31.2 Å². The molecule has 104 valence electrons. The van der Waals surface area contributed by atoms with E-state index in [-0.39, 0.29) is 24.3 Å². The monoisotopic (exact) mass is 264 g/mol. The van der Waals surface area contributed by atoms with Crippen LogP contribution in [0.15, 0.2) is 24.3 Å². The van der Waals surface area contributed by atoms with Gasteiger partial charge in [0, 0.05) is 18.2 Å². The molecule has 0 saturated heterocycles. The highest BCUT2D eigenvalue weighted by molar-refractivity contribution is 5.92. The van der Waals surface area contributed by atoms with Crippen molar-refractivity contribution in [2.24, 2.45) is 5.92 Å². The van der Waals surface area contributed by atoms with Crippen molar-refractivity contribution in [1.29, 1.82) is 0 Å². The summed E-state index contributed by atoms with van der Waals surface area (Å²) in [6.07, 6.45) is 0. The van der Waals surface area contributed by atoms with Gasteiger partial charge in [0.1, 0.15) is 5.75 Å². The lowest BCUT2D eigenvalue weighted by Crippen LogP contribution is -2.28. The molecule has 0 aliphatic carbocycles. The summed E-state index contributed by atoms with van der Waals surface area (Å²) >= 11 is 0. The summed E-state index contributed by atoms with van der Waals surface area (Å²) in [7, 11) is 0. The van der Waals surface area contributed by atoms with Crippen LogP contribution < -0.4 is 15.4 Å². The SMILES string of the molecule is CCNC(=O)COc1ccc(NC(=O)C(C)C)cc1. The van der Waals surface area contributed by atoms with E-state index in [1.165, 1.54) is 0 Å². The molecule has 0 spiro atoms. The van der Waals surface area contributed by atoms with Crippen molar-refractivity contribution in [1.82, 2.24) is 5.32 Å². The fourth-order valence-electron chi connectivity index (χ4n) is 1.32. The molecule has 0 aliphatic rings. The van der Waals surface area contributed by atoms with Gasteiger partial charge in [0.2, 0.25) is 5.91 Å². The number of amides is 2. The standard InChI is InChI=1S/C14H20N2O3/c1-4-15-13(17)9-19-12-7-5-11(6-8-12)16-14(18)10(2)3/h5-8,10H,4,9H2,1-3H3,(H,15,17)(H,16,18). The minimum Gasteiger partial charge on any atom is -0.484 e. The third kappa shape index (κ3) is 5.42. The molecule has 2 amide bonds. The zero-order valence-corrected chi connectivity index (χ0v) is 11.5. The first-order valence-electron chi connectivity index (χ1n) is 6.33. The maximum atomic E-state index is 11.5. The molecule has 0 unspecified atom stereocenters. The van der Waals surface area contributed by atoms with E-state index in [0.29, 0.717) is 18.0 Å². The Labute approximate surface area is 113 Å². The lowest BCUT2D eigenvalue weighted by Gasteiger charge is -2.09. The number of hydrogen-bond donors (Lipinski definition) is 2. The van der Waals surface area contributed by atoms with Crippen LogP contribution in [0.25, 0.3) is 0 Å². The molecule has 1 rings (SSSR count). The molecule has 5 heteroatoms. The molecule has 19 heavy (non-hydrogen) atoms. The van der Waals surface area contributed by atoms with Gasteiger partial charge in [-0.3, -0.25) is 9.59 Å². The Morgan fingerprint density at radius 1 is 1.21 bits per heavy atom. The number of carbonyl (C=O) groups excluding carboxylic acids is 2. The Bertz CT molecular complexity index is 427. The van der Waals surface area contributed by atoms with Crippen molar-refractivity contribution >= 4 is 17.5 Å². The van der Waals surface area contributed by atoms with E-state index in [0.717, 1.165) is 0 Å². The minimum atomic E-state index is -0.153. The van der Waals surface area contributed by atoms with E-state index in [2.05, 4.69) is 10.6 Å². The molecule has 0 aromatic heterocycles. The molecule has 5 nitrogen and oxygen atoms in total. The Balaban J connectivity index is 2.47. The average Bonchev–Trinajstić information content (AvgIpc) is 2.38. The van der Waals surface area contributed by atoms with Gasteiger partial charge >= 0.3 is 0 Å². The van der Waals surface area contributed by atoms with Gasteiger partial charge in [-0.2, -0.15) is 0 Å². The highest BCUT2D eigenvalue weighted by Gasteiger charge is 2.07. The molecule has 0 heterocycles. The van der Waals surface area contributed by atoms with Gasteiger partial charge in [0.05, 0.1) is 0 Å². The van der Waals surface area contributed by atoms with Crippen molar-refractivity contribution in [2.45, 2.75) is 20.8 Å². The second-order valence-corrected chi connectivity index (χ2v) is 4.41. The topological polar surface area (TPSA) is 67.4 Å². The number of nitrogens with one attached hydrogen (secondary N) is 2. The number of benzene rings is 1. The molecular formula is C14H20N2O3. The average molecular weight is 264 g/mol. The van der Waals surface area contributed by atoms with Crippen LogP contribution in [0.5, 0.6) is 5.75 Å². The predicted molar refractivity (Wildman–Crippen MR) is 74.1 cm³/mol. The van der Waals surface area contributed by atoms with Crippen molar-refractivity contribution in [2.75, 3.05) is 18.5 Å². The highest BCUT2D eigenvalue weighted by Crippen LogP contribution is 2.16. The molecule has 0 aliphatic heterocycles. The van der Waals surface area contributed by atoms with Crippen LogP contribution in [0, 0.1) is 5.92 Å². The molecule has 1 aromatic carbocycles. The second kappa shape index (κ2) is 7.41. The fraction of sp³-hybridized carbons (Fsp3) is 0.429. The number of likely N-dealkylation sites (N-methyl/N-ethyl adjacent to an activating group) is 1. The second-order valence-electron chi connectivity index (χ2n) is 4.41. The van der Waals surface area contributed by atoms with Gasteiger partial charge < -0.3 is 15.4 Å². The third-order valence-electron chi connectivity index (χ3n) is 2.39. The van der Waals surface area contributed by atoms with E-state index < -0.39 is 0 Å². The maximum Gasteiger partial charge on any atom is 0.257 e. The van der Waals surface area contributed by atoms with E-state index in [1.54, 1.807) is 24.3 Å². The van der Waals surface area contributed by atoms with Crippen molar-refractivity contribution in [3.63, 3.8) is 0 Å². The smallest absolute Gasteiger partial charge is 0.257 e. The molecule has 0 fully saturated rings.